The molecule has 9 heteroatoms. The lowest BCUT2D eigenvalue weighted by Gasteiger charge is -2.43. The predicted octanol–water partition coefficient (Wildman–Crippen LogP) is 7.23. The van der Waals surface area contributed by atoms with E-state index in [0.717, 1.165) is 36.5 Å². The van der Waals surface area contributed by atoms with E-state index in [9.17, 15) is 13.6 Å². The molecular formula is C22H31Br3F2INO2. The van der Waals surface area contributed by atoms with Gasteiger partial charge in [-0.3, -0.25) is 14.1 Å². The first-order valence-corrected chi connectivity index (χ1v) is 14.8. The maximum absolute atomic E-state index is 12.6. The molecule has 3 rings (SSSR count). The van der Waals surface area contributed by atoms with Gasteiger partial charge in [0.05, 0.1) is 19.7 Å². The van der Waals surface area contributed by atoms with Gasteiger partial charge in [0.25, 0.3) is 0 Å². The molecule has 0 amide bonds. The first-order valence-electron chi connectivity index (χ1n) is 10.4. The number of carbonyl (C=O) groups excluding carboxylic acids is 1. The van der Waals surface area contributed by atoms with Crippen molar-refractivity contribution in [1.82, 2.24) is 4.90 Å². The highest BCUT2D eigenvalue weighted by Crippen LogP contribution is 2.47. The third-order valence-corrected chi connectivity index (χ3v) is 7.49. The summed E-state index contributed by atoms with van der Waals surface area (Å²) in [6.45, 7) is 0.456. The molecule has 0 N–H and O–H groups in total. The van der Waals surface area contributed by atoms with Gasteiger partial charge in [-0.1, -0.05) is 59.9 Å². The Hall–Kier alpha value is 0.680. The van der Waals surface area contributed by atoms with E-state index in [2.05, 4.69) is 99.5 Å². The molecule has 0 spiro atoms. The van der Waals surface area contributed by atoms with Gasteiger partial charge in [-0.15, -0.1) is 0 Å². The maximum atomic E-state index is 12.6. The molecule has 178 valence electrons. The molecule has 2 saturated heterocycles. The molecule has 1 aromatic carbocycles. The molecule has 2 bridgehead atoms. The Kier molecular flexibility index (Phi) is 16.5. The average Bonchev–Trinajstić information content (AvgIpc) is 3.04. The van der Waals surface area contributed by atoms with Gasteiger partial charge in [0.2, 0.25) is 0 Å². The number of halogens is 6. The lowest BCUT2D eigenvalue weighted by atomic mass is 9.76. The van der Waals surface area contributed by atoms with Crippen molar-refractivity contribution in [3.8, 4) is 0 Å². The Morgan fingerprint density at radius 1 is 1.13 bits per heavy atom. The number of ether oxygens (including phenoxy) is 1. The van der Waals surface area contributed by atoms with Gasteiger partial charge in [-0.2, -0.15) is 0 Å². The SMILES string of the molecule is BrCCCBr.COC(=O)C1C(c2ccc(I)cc2)CC2CCC1N2CCC[18F].[18F]CBr. The number of benzene rings is 1. The van der Waals surface area contributed by atoms with E-state index < -0.39 is 5.58 Å². The highest BCUT2D eigenvalue weighted by atomic mass is 127. The third-order valence-electron chi connectivity index (χ3n) is 5.65. The second-order valence-corrected chi connectivity index (χ2v) is 10.6. The summed E-state index contributed by atoms with van der Waals surface area (Å²) in [7, 11) is 1.47. The van der Waals surface area contributed by atoms with Crippen molar-refractivity contribution >= 4 is 76.4 Å². The molecule has 2 fully saturated rings. The minimum Gasteiger partial charge on any atom is -0.469 e. The van der Waals surface area contributed by atoms with E-state index in [-0.39, 0.29) is 30.5 Å². The monoisotopic (exact) mass is 741 g/mol. The van der Waals surface area contributed by atoms with Gasteiger partial charge >= 0.3 is 5.97 Å². The lowest BCUT2D eigenvalue weighted by Crippen LogP contribution is -2.51. The molecule has 3 nitrogen and oxygen atoms in total. The van der Waals surface area contributed by atoms with Crippen LogP contribution in [0.15, 0.2) is 24.3 Å². The number of hydrogen-bond donors (Lipinski definition) is 0. The van der Waals surface area contributed by atoms with Crippen LogP contribution in [0.3, 0.4) is 0 Å². The smallest absolute Gasteiger partial charge is 0.310 e. The van der Waals surface area contributed by atoms with Crippen LogP contribution in [-0.2, 0) is 9.53 Å². The van der Waals surface area contributed by atoms with Gasteiger partial charge in [0.1, 0.15) is 5.58 Å². The predicted molar refractivity (Wildman–Crippen MR) is 143 cm³/mol. The van der Waals surface area contributed by atoms with Crippen LogP contribution in [-0.4, -0.2) is 59.5 Å². The maximum Gasteiger partial charge on any atom is 0.310 e. The summed E-state index contributed by atoms with van der Waals surface area (Å²) in [6, 6.07) is 9.13. The Morgan fingerprint density at radius 2 is 1.74 bits per heavy atom. The van der Waals surface area contributed by atoms with Crippen LogP contribution in [0.4, 0.5) is 8.78 Å². The number of piperidine rings is 1. The van der Waals surface area contributed by atoms with Crippen LogP contribution in [0.1, 0.15) is 43.6 Å². The molecule has 0 aliphatic carbocycles. The van der Waals surface area contributed by atoms with Crippen LogP contribution in [0.2, 0.25) is 0 Å². The fourth-order valence-corrected chi connectivity index (χ4v) is 6.14. The van der Waals surface area contributed by atoms with E-state index in [1.165, 1.54) is 22.7 Å². The molecule has 0 aromatic heterocycles. The summed E-state index contributed by atoms with van der Waals surface area (Å²) in [5.41, 5.74) is 0.787. The number of alkyl halides is 5. The van der Waals surface area contributed by atoms with Crippen molar-refractivity contribution in [2.75, 3.05) is 36.6 Å². The van der Waals surface area contributed by atoms with Crippen molar-refractivity contribution in [2.45, 2.75) is 50.1 Å². The second kappa shape index (κ2) is 17.2. The molecule has 2 aliphatic heterocycles. The zero-order chi connectivity index (χ0) is 23.2. The Labute approximate surface area is 224 Å². The second-order valence-electron chi connectivity index (χ2n) is 7.35. The quantitative estimate of drug-likeness (QED) is 0.168. The molecule has 2 aliphatic rings. The van der Waals surface area contributed by atoms with Gasteiger partial charge in [0, 0.05) is 38.8 Å². The normalized spacial score (nSPS) is 24.5. The Bertz CT molecular complexity index is 625. The van der Waals surface area contributed by atoms with E-state index in [1.54, 1.807) is 0 Å². The minimum atomic E-state index is -0.438. The number of methoxy groups -OCH3 is 1. The topological polar surface area (TPSA) is 29.5 Å². The number of rotatable bonds is 7. The summed E-state index contributed by atoms with van der Waals surface area (Å²) in [6.07, 6.45) is 4.85. The van der Waals surface area contributed by atoms with E-state index in [0.29, 0.717) is 12.5 Å². The van der Waals surface area contributed by atoms with Crippen molar-refractivity contribution in [3.05, 3.63) is 33.4 Å². The number of nitrogens with zero attached hydrogens (tertiary/aromatic N) is 1. The number of fused-ring (bicyclic) bond motifs is 2. The molecule has 0 saturated carbocycles. The fourth-order valence-electron chi connectivity index (χ4n) is 4.46. The molecule has 0 radical (unpaired) electrons. The van der Waals surface area contributed by atoms with E-state index in [1.807, 2.05) is 0 Å². The zero-order valence-electron chi connectivity index (χ0n) is 17.7. The van der Waals surface area contributed by atoms with Crippen LogP contribution in [0.25, 0.3) is 0 Å². The fraction of sp³-hybridized carbons (Fsp3) is 0.682. The van der Waals surface area contributed by atoms with Gasteiger partial charge in [-0.05, 0) is 72.4 Å². The summed E-state index contributed by atoms with van der Waals surface area (Å²) in [4.78, 5) is 14.9. The number of carbonyl (C=O) groups is 1. The summed E-state index contributed by atoms with van der Waals surface area (Å²) >= 11 is 11.3. The summed E-state index contributed by atoms with van der Waals surface area (Å²) < 4.78 is 29.1. The van der Waals surface area contributed by atoms with Crippen molar-refractivity contribution in [3.63, 3.8) is 0 Å². The largest absolute Gasteiger partial charge is 0.469 e. The first-order chi connectivity index (χ1) is 15.0. The Morgan fingerprint density at radius 3 is 2.23 bits per heavy atom. The molecular weight excluding hydrogens is 713 g/mol. The highest BCUT2D eigenvalue weighted by molar-refractivity contribution is 14.1. The van der Waals surface area contributed by atoms with E-state index >= 15 is 0 Å². The van der Waals surface area contributed by atoms with Crippen LogP contribution in [0.5, 0.6) is 0 Å². The van der Waals surface area contributed by atoms with Crippen molar-refractivity contribution in [1.29, 1.82) is 0 Å². The lowest BCUT2D eigenvalue weighted by molar-refractivity contribution is -0.150. The number of esters is 1. The first kappa shape index (κ1) is 29.7. The van der Waals surface area contributed by atoms with Gasteiger partial charge < -0.3 is 4.74 Å². The summed E-state index contributed by atoms with van der Waals surface area (Å²) in [5, 5.41) is 2.22. The van der Waals surface area contributed by atoms with Crippen molar-refractivity contribution < 1.29 is 18.3 Å². The third kappa shape index (κ3) is 9.45. The van der Waals surface area contributed by atoms with Gasteiger partial charge in [-0.25, -0.2) is 4.39 Å². The van der Waals surface area contributed by atoms with E-state index in [4.69, 9.17) is 4.74 Å². The average molecular weight is 744 g/mol. The summed E-state index contributed by atoms with van der Waals surface area (Å²) in [5.74, 6) is -0.0545. The van der Waals surface area contributed by atoms with Gasteiger partial charge in [0.15, 0.2) is 0 Å². The van der Waals surface area contributed by atoms with Crippen molar-refractivity contribution in [2.24, 2.45) is 5.92 Å². The minimum absolute atomic E-state index is 0.121. The molecule has 4 unspecified atom stereocenters. The molecule has 1 aromatic rings. The molecule has 2 heterocycles. The highest BCUT2D eigenvalue weighted by Gasteiger charge is 2.50. The van der Waals surface area contributed by atoms with Crippen LogP contribution >= 0.6 is 70.4 Å². The molecule has 31 heavy (non-hydrogen) atoms. The standard InChI is InChI=1S/C18H23FINO2.C3H6Br2.CH2BrF/c1-23-18(22)17-15(12-3-5-13(20)6-4-12)11-14-7-8-16(17)21(14)10-2-9-19;4-2-1-3-5;2-1-3/h3-6,14-17H,2,7-11H2,1H3;1-3H2;1H2/i19-1;;3-1. The Balaban J connectivity index is 0.000000519. The number of hydrogen-bond acceptors (Lipinski definition) is 3. The van der Waals surface area contributed by atoms with Crippen LogP contribution < -0.4 is 0 Å². The zero-order valence-corrected chi connectivity index (χ0v) is 24.6. The molecule has 4 atom stereocenters. The van der Waals surface area contributed by atoms with Crippen LogP contribution in [0, 0.1) is 9.49 Å².